The van der Waals surface area contributed by atoms with Crippen LogP contribution in [0.25, 0.3) is 0 Å². The van der Waals surface area contributed by atoms with E-state index in [1.54, 1.807) is 0 Å². The highest BCUT2D eigenvalue weighted by atomic mass is 16.2. The van der Waals surface area contributed by atoms with E-state index in [1.807, 2.05) is 35.2 Å². The van der Waals surface area contributed by atoms with Gasteiger partial charge in [0.15, 0.2) is 0 Å². The van der Waals surface area contributed by atoms with E-state index in [-0.39, 0.29) is 5.91 Å². The number of benzene rings is 1. The molecule has 2 aliphatic rings. The standard InChI is InChI=1S/C17H25N3O/c18-16(12-14-6-2-1-3-7-14)17(21)20-11-10-19-9-5-4-8-15(19)13-20/h1-3,6-7,15-16H,4-5,8-13,18H2/t15?,16-/m1/s1. The van der Waals surface area contributed by atoms with Gasteiger partial charge in [0, 0.05) is 25.7 Å². The summed E-state index contributed by atoms with van der Waals surface area (Å²) in [4.78, 5) is 17.1. The van der Waals surface area contributed by atoms with Crippen LogP contribution in [0.4, 0.5) is 0 Å². The molecule has 0 radical (unpaired) electrons. The van der Waals surface area contributed by atoms with Crippen LogP contribution >= 0.6 is 0 Å². The van der Waals surface area contributed by atoms with E-state index in [0.717, 1.165) is 25.2 Å². The van der Waals surface area contributed by atoms with Gasteiger partial charge in [-0.3, -0.25) is 9.69 Å². The van der Waals surface area contributed by atoms with Crippen LogP contribution < -0.4 is 5.73 Å². The van der Waals surface area contributed by atoms with Gasteiger partial charge >= 0.3 is 0 Å². The maximum Gasteiger partial charge on any atom is 0.239 e. The first kappa shape index (κ1) is 14.5. The number of hydrogen-bond acceptors (Lipinski definition) is 3. The zero-order valence-corrected chi connectivity index (χ0v) is 12.6. The second kappa shape index (κ2) is 6.58. The van der Waals surface area contributed by atoms with Crippen molar-refractivity contribution >= 4 is 5.91 Å². The molecule has 0 bridgehead atoms. The zero-order chi connectivity index (χ0) is 14.7. The SMILES string of the molecule is N[C@H](Cc1ccccc1)C(=O)N1CCN2CCCCC2C1. The van der Waals surface area contributed by atoms with Crippen LogP contribution in [-0.2, 0) is 11.2 Å². The van der Waals surface area contributed by atoms with Crippen LogP contribution in [0.5, 0.6) is 0 Å². The second-order valence-electron chi connectivity index (χ2n) is 6.27. The van der Waals surface area contributed by atoms with Crippen molar-refractivity contribution in [1.29, 1.82) is 0 Å². The van der Waals surface area contributed by atoms with Gasteiger partial charge in [0.2, 0.25) is 5.91 Å². The number of amides is 1. The van der Waals surface area contributed by atoms with Gasteiger partial charge in [-0.2, -0.15) is 0 Å². The normalized spacial score (nSPS) is 24.4. The fraction of sp³-hybridized carbons (Fsp3) is 0.588. The lowest BCUT2D eigenvalue weighted by atomic mass is 9.98. The quantitative estimate of drug-likeness (QED) is 0.910. The van der Waals surface area contributed by atoms with Crippen molar-refractivity contribution in [2.45, 2.75) is 37.8 Å². The van der Waals surface area contributed by atoms with Gasteiger partial charge in [-0.1, -0.05) is 36.8 Å². The van der Waals surface area contributed by atoms with Crippen molar-refractivity contribution in [2.75, 3.05) is 26.2 Å². The van der Waals surface area contributed by atoms with Crippen molar-refractivity contribution in [1.82, 2.24) is 9.80 Å². The van der Waals surface area contributed by atoms with Gasteiger partial charge in [0.1, 0.15) is 0 Å². The summed E-state index contributed by atoms with van der Waals surface area (Å²) in [5, 5.41) is 0. The number of carbonyl (C=O) groups excluding carboxylic acids is 1. The summed E-state index contributed by atoms with van der Waals surface area (Å²) < 4.78 is 0. The molecule has 3 rings (SSSR count). The fourth-order valence-corrected chi connectivity index (χ4v) is 3.55. The van der Waals surface area contributed by atoms with Crippen LogP contribution in [0.3, 0.4) is 0 Å². The summed E-state index contributed by atoms with van der Waals surface area (Å²) in [5.74, 6) is 0.115. The van der Waals surface area contributed by atoms with Crippen LogP contribution in [0.2, 0.25) is 0 Å². The summed E-state index contributed by atoms with van der Waals surface area (Å²) in [6, 6.07) is 10.2. The molecule has 1 unspecified atom stereocenters. The predicted octanol–water partition coefficient (Wildman–Crippen LogP) is 1.25. The van der Waals surface area contributed by atoms with E-state index in [0.29, 0.717) is 12.5 Å². The lowest BCUT2D eigenvalue weighted by molar-refractivity contribution is -0.136. The van der Waals surface area contributed by atoms with E-state index in [1.165, 1.54) is 25.8 Å². The third-order valence-corrected chi connectivity index (χ3v) is 4.76. The Balaban J connectivity index is 1.57. The van der Waals surface area contributed by atoms with Gasteiger partial charge < -0.3 is 10.6 Å². The summed E-state index contributed by atoms with van der Waals surface area (Å²) in [7, 11) is 0. The van der Waals surface area contributed by atoms with Crippen molar-refractivity contribution < 1.29 is 4.79 Å². The van der Waals surface area contributed by atoms with E-state index >= 15 is 0 Å². The Labute approximate surface area is 126 Å². The van der Waals surface area contributed by atoms with Crippen LogP contribution in [0, 0.1) is 0 Å². The molecule has 1 aromatic carbocycles. The number of rotatable bonds is 3. The molecule has 4 nitrogen and oxygen atoms in total. The molecule has 2 atom stereocenters. The predicted molar refractivity (Wildman–Crippen MR) is 83.9 cm³/mol. The van der Waals surface area contributed by atoms with E-state index in [2.05, 4.69) is 4.90 Å². The lowest BCUT2D eigenvalue weighted by Crippen LogP contribution is -2.58. The minimum absolute atomic E-state index is 0.115. The number of piperidine rings is 1. The molecule has 0 spiro atoms. The summed E-state index contributed by atoms with van der Waals surface area (Å²) in [6.45, 7) is 3.90. The highest BCUT2D eigenvalue weighted by molar-refractivity contribution is 5.82. The van der Waals surface area contributed by atoms with Crippen molar-refractivity contribution in [3.05, 3.63) is 35.9 Å². The number of hydrogen-bond donors (Lipinski definition) is 1. The van der Waals surface area contributed by atoms with Crippen molar-refractivity contribution in [3.63, 3.8) is 0 Å². The molecule has 21 heavy (non-hydrogen) atoms. The summed E-state index contributed by atoms with van der Waals surface area (Å²) in [5.41, 5.74) is 7.28. The molecule has 1 aromatic rings. The number of fused-ring (bicyclic) bond motifs is 1. The fourth-order valence-electron chi connectivity index (χ4n) is 3.55. The molecule has 2 N–H and O–H groups in total. The first-order valence-electron chi connectivity index (χ1n) is 8.06. The van der Waals surface area contributed by atoms with Crippen molar-refractivity contribution in [2.24, 2.45) is 5.73 Å². The molecule has 0 saturated carbocycles. The molecule has 1 amide bonds. The zero-order valence-electron chi connectivity index (χ0n) is 12.6. The number of nitrogens with two attached hydrogens (primary N) is 1. The minimum Gasteiger partial charge on any atom is -0.338 e. The molecule has 2 fully saturated rings. The first-order valence-corrected chi connectivity index (χ1v) is 8.06. The third-order valence-electron chi connectivity index (χ3n) is 4.76. The Morgan fingerprint density at radius 1 is 1.19 bits per heavy atom. The Morgan fingerprint density at radius 2 is 2.00 bits per heavy atom. The molecule has 2 saturated heterocycles. The van der Waals surface area contributed by atoms with Crippen LogP contribution in [0.1, 0.15) is 24.8 Å². The maximum absolute atomic E-state index is 12.6. The lowest BCUT2D eigenvalue weighted by Gasteiger charge is -2.44. The van der Waals surface area contributed by atoms with Crippen LogP contribution in [-0.4, -0.2) is 54.0 Å². The van der Waals surface area contributed by atoms with Gasteiger partial charge in [0.05, 0.1) is 6.04 Å². The number of piperazine rings is 1. The van der Waals surface area contributed by atoms with E-state index < -0.39 is 6.04 Å². The Kier molecular flexibility index (Phi) is 4.56. The molecule has 4 heteroatoms. The highest BCUT2D eigenvalue weighted by Gasteiger charge is 2.32. The smallest absolute Gasteiger partial charge is 0.239 e. The topological polar surface area (TPSA) is 49.6 Å². The molecular weight excluding hydrogens is 262 g/mol. The van der Waals surface area contributed by atoms with Gasteiger partial charge in [-0.15, -0.1) is 0 Å². The van der Waals surface area contributed by atoms with E-state index in [4.69, 9.17) is 5.73 Å². The minimum atomic E-state index is -0.414. The molecular formula is C17H25N3O. The second-order valence-corrected chi connectivity index (χ2v) is 6.27. The number of nitrogens with zero attached hydrogens (tertiary/aromatic N) is 2. The highest BCUT2D eigenvalue weighted by Crippen LogP contribution is 2.21. The van der Waals surface area contributed by atoms with Crippen LogP contribution in [0.15, 0.2) is 30.3 Å². The molecule has 2 heterocycles. The Bertz CT molecular complexity index is 476. The maximum atomic E-state index is 12.6. The molecule has 114 valence electrons. The molecule has 2 aliphatic heterocycles. The average Bonchev–Trinajstić information content (AvgIpc) is 2.54. The van der Waals surface area contributed by atoms with Gasteiger partial charge in [-0.25, -0.2) is 0 Å². The molecule has 0 aromatic heterocycles. The Morgan fingerprint density at radius 3 is 2.81 bits per heavy atom. The first-order chi connectivity index (χ1) is 10.2. The van der Waals surface area contributed by atoms with E-state index in [9.17, 15) is 4.79 Å². The third kappa shape index (κ3) is 3.44. The van der Waals surface area contributed by atoms with Gasteiger partial charge in [-0.05, 0) is 31.4 Å². The average molecular weight is 287 g/mol. The largest absolute Gasteiger partial charge is 0.338 e. The summed E-state index contributed by atoms with van der Waals surface area (Å²) in [6.07, 6.45) is 4.44. The monoisotopic (exact) mass is 287 g/mol. The number of carbonyl (C=O) groups is 1. The Hall–Kier alpha value is -1.39. The van der Waals surface area contributed by atoms with Crippen molar-refractivity contribution in [3.8, 4) is 0 Å². The van der Waals surface area contributed by atoms with Gasteiger partial charge in [0.25, 0.3) is 0 Å². The molecule has 0 aliphatic carbocycles. The summed E-state index contributed by atoms with van der Waals surface area (Å²) >= 11 is 0.